The van der Waals surface area contributed by atoms with E-state index in [4.69, 9.17) is 0 Å². The maximum Gasteiger partial charge on any atom is 0.416 e. The Hall–Kier alpha value is -2.36. The molecule has 1 saturated carbocycles. The minimum Gasteiger partial charge on any atom is -0.549 e. The van der Waals surface area contributed by atoms with Crippen LogP contribution in [0, 0.1) is 0 Å². The number of hydrogen-bond donors (Lipinski definition) is 0. The molecule has 1 aliphatic rings. The lowest BCUT2D eigenvalue weighted by molar-refractivity contribution is -0.301. The quantitative estimate of drug-likeness (QED) is 0.539. The van der Waals surface area contributed by atoms with Crippen molar-refractivity contribution in [2.75, 3.05) is 5.75 Å². The van der Waals surface area contributed by atoms with Crippen LogP contribution >= 0.6 is 11.8 Å². The van der Waals surface area contributed by atoms with Gasteiger partial charge in [-0.05, 0) is 30.5 Å². The van der Waals surface area contributed by atoms with Crippen LogP contribution in [-0.2, 0) is 11.0 Å². The van der Waals surface area contributed by atoms with Gasteiger partial charge in [0.05, 0.1) is 17.7 Å². The Bertz CT molecular complexity index is 844. The molecule has 0 amide bonds. The summed E-state index contributed by atoms with van der Waals surface area (Å²) in [6.45, 7) is 0. The number of carboxylic acid groups (broad SMARTS) is 1. The number of rotatable bonds is 6. The number of alkyl halides is 3. The van der Waals surface area contributed by atoms with Gasteiger partial charge in [0.1, 0.15) is 0 Å². The molecule has 1 aromatic heterocycles. The van der Waals surface area contributed by atoms with Gasteiger partial charge in [-0.15, -0.1) is 10.2 Å². The highest BCUT2D eigenvalue weighted by molar-refractivity contribution is 7.99. The van der Waals surface area contributed by atoms with E-state index >= 15 is 0 Å². The van der Waals surface area contributed by atoms with Gasteiger partial charge in [0, 0.05) is 11.7 Å². The van der Waals surface area contributed by atoms with Crippen LogP contribution in [0.4, 0.5) is 13.2 Å². The average Bonchev–Trinajstić information content (AvgIpc) is 3.08. The molecule has 1 aromatic carbocycles. The van der Waals surface area contributed by atoms with Crippen molar-refractivity contribution in [1.82, 2.24) is 14.9 Å². The van der Waals surface area contributed by atoms with Crippen molar-refractivity contribution >= 4 is 23.9 Å². The molecule has 1 fully saturated rings. The molecule has 0 N–H and O–H groups in total. The first kappa shape index (κ1) is 20.4. The number of nitrogens with zero attached hydrogens (tertiary/aromatic N) is 4. The zero-order valence-electron chi connectivity index (χ0n) is 14.9. The second-order valence-electron chi connectivity index (χ2n) is 6.51. The summed E-state index contributed by atoms with van der Waals surface area (Å²) in [4.78, 5) is 10.8. The summed E-state index contributed by atoms with van der Waals surface area (Å²) in [6.07, 6.45) is 2.21. The first-order valence-electron chi connectivity index (χ1n) is 8.84. The molecule has 6 nitrogen and oxygen atoms in total. The second-order valence-corrected chi connectivity index (χ2v) is 7.46. The van der Waals surface area contributed by atoms with Crippen molar-refractivity contribution in [2.24, 2.45) is 5.10 Å². The Morgan fingerprint density at radius 3 is 2.50 bits per heavy atom. The monoisotopic (exact) mass is 411 g/mol. The molecule has 1 heterocycles. The zero-order valence-corrected chi connectivity index (χ0v) is 15.7. The number of carbonyl (C=O) groups is 1. The summed E-state index contributed by atoms with van der Waals surface area (Å²) in [7, 11) is 0. The maximum absolute atomic E-state index is 12.7. The minimum atomic E-state index is -4.40. The molecule has 0 radical (unpaired) electrons. The fourth-order valence-corrected chi connectivity index (χ4v) is 3.71. The van der Waals surface area contributed by atoms with E-state index in [1.54, 1.807) is 0 Å². The lowest BCUT2D eigenvalue weighted by atomic mass is 9.89. The van der Waals surface area contributed by atoms with Gasteiger partial charge in [0.15, 0.2) is 5.82 Å². The van der Waals surface area contributed by atoms with Crippen LogP contribution < -0.4 is 5.11 Å². The van der Waals surface area contributed by atoms with Crippen LogP contribution in [0.15, 0.2) is 34.5 Å². The molecule has 0 unspecified atom stereocenters. The standard InChI is InChI=1S/C18H19F3N4O2S/c19-18(20,21)14-8-6-12(7-9-14)10-22-25-16(13-4-2-1-3-5-13)23-24-17(25)28-11-15(26)27/h6-10,13H,1-5,11H2,(H,26,27)/p-1/b22-10-. The van der Waals surface area contributed by atoms with E-state index < -0.39 is 17.7 Å². The number of carbonyl (C=O) groups excluding carboxylic acids is 1. The predicted molar refractivity (Wildman–Crippen MR) is 96.0 cm³/mol. The van der Waals surface area contributed by atoms with Crippen molar-refractivity contribution in [3.05, 3.63) is 41.2 Å². The summed E-state index contributed by atoms with van der Waals surface area (Å²) >= 11 is 0.946. The number of thioether (sulfide) groups is 1. The Labute approximate surface area is 163 Å². The number of halogens is 3. The van der Waals surface area contributed by atoms with Gasteiger partial charge >= 0.3 is 6.18 Å². The van der Waals surface area contributed by atoms with E-state index in [1.807, 2.05) is 0 Å². The fraction of sp³-hybridized carbons (Fsp3) is 0.444. The predicted octanol–water partition coefficient (Wildman–Crippen LogP) is 3.07. The number of aromatic nitrogens is 3. The largest absolute Gasteiger partial charge is 0.549 e. The highest BCUT2D eigenvalue weighted by Crippen LogP contribution is 2.33. The topological polar surface area (TPSA) is 83.2 Å². The molecular formula is C18H18F3N4O2S-. The summed E-state index contributed by atoms with van der Waals surface area (Å²) in [5, 5.41) is 23.6. The molecule has 0 saturated heterocycles. The molecular weight excluding hydrogens is 393 g/mol. The molecule has 0 spiro atoms. The molecule has 2 aromatic rings. The van der Waals surface area contributed by atoms with E-state index in [9.17, 15) is 23.1 Å². The van der Waals surface area contributed by atoms with Gasteiger partial charge in [0.2, 0.25) is 5.16 Å². The first-order chi connectivity index (χ1) is 13.3. The van der Waals surface area contributed by atoms with E-state index in [0.29, 0.717) is 16.5 Å². The van der Waals surface area contributed by atoms with Crippen LogP contribution in [0.1, 0.15) is 55.0 Å². The van der Waals surface area contributed by atoms with Crippen molar-refractivity contribution in [3.8, 4) is 0 Å². The Morgan fingerprint density at radius 1 is 1.21 bits per heavy atom. The van der Waals surface area contributed by atoms with E-state index in [2.05, 4.69) is 15.3 Å². The Balaban J connectivity index is 1.86. The van der Waals surface area contributed by atoms with Gasteiger partial charge in [-0.2, -0.15) is 22.9 Å². The van der Waals surface area contributed by atoms with Crippen LogP contribution in [0.3, 0.4) is 0 Å². The van der Waals surface area contributed by atoms with E-state index in [1.165, 1.54) is 23.0 Å². The van der Waals surface area contributed by atoms with Crippen LogP contribution in [0.5, 0.6) is 0 Å². The molecule has 10 heteroatoms. The van der Waals surface area contributed by atoms with E-state index in [0.717, 1.165) is 56.0 Å². The zero-order chi connectivity index (χ0) is 20.1. The number of aliphatic carboxylic acids is 1. The van der Waals surface area contributed by atoms with E-state index in [-0.39, 0.29) is 11.7 Å². The van der Waals surface area contributed by atoms with Crippen molar-refractivity contribution in [1.29, 1.82) is 0 Å². The molecule has 28 heavy (non-hydrogen) atoms. The smallest absolute Gasteiger partial charge is 0.416 e. The maximum atomic E-state index is 12.7. The molecule has 3 rings (SSSR count). The molecule has 0 atom stereocenters. The summed E-state index contributed by atoms with van der Waals surface area (Å²) in [5.74, 6) is -0.712. The van der Waals surface area contributed by atoms with Gasteiger partial charge in [-0.1, -0.05) is 43.2 Å². The number of hydrogen-bond acceptors (Lipinski definition) is 6. The lowest BCUT2D eigenvalue weighted by Crippen LogP contribution is -2.24. The molecule has 0 bridgehead atoms. The SMILES string of the molecule is O=C([O-])CSc1nnc(C2CCCCC2)n1/N=C\c1ccc(C(F)(F)F)cc1. The van der Waals surface area contributed by atoms with Gasteiger partial charge in [-0.25, -0.2) is 0 Å². The highest BCUT2D eigenvalue weighted by atomic mass is 32.2. The summed E-state index contributed by atoms with van der Waals surface area (Å²) < 4.78 is 39.5. The van der Waals surface area contributed by atoms with Gasteiger partial charge in [-0.3, -0.25) is 0 Å². The first-order valence-corrected chi connectivity index (χ1v) is 9.82. The Morgan fingerprint density at radius 2 is 1.89 bits per heavy atom. The van der Waals surface area contributed by atoms with Crippen molar-refractivity contribution in [3.63, 3.8) is 0 Å². The Kier molecular flexibility index (Phi) is 6.38. The highest BCUT2D eigenvalue weighted by Gasteiger charge is 2.30. The third-order valence-corrected chi connectivity index (χ3v) is 5.38. The van der Waals surface area contributed by atoms with Crippen LogP contribution in [0.25, 0.3) is 0 Å². The van der Waals surface area contributed by atoms with Crippen molar-refractivity contribution in [2.45, 2.75) is 49.4 Å². The lowest BCUT2D eigenvalue weighted by Gasteiger charge is -2.20. The summed E-state index contributed by atoms with van der Waals surface area (Å²) in [5.41, 5.74) is -0.255. The van der Waals surface area contributed by atoms with Crippen LogP contribution in [0.2, 0.25) is 0 Å². The van der Waals surface area contributed by atoms with Gasteiger partial charge in [0.25, 0.3) is 0 Å². The normalized spacial score (nSPS) is 16.0. The number of benzene rings is 1. The average molecular weight is 411 g/mol. The molecule has 1 aliphatic carbocycles. The molecule has 0 aliphatic heterocycles. The molecule has 150 valence electrons. The minimum absolute atomic E-state index is 0.170. The van der Waals surface area contributed by atoms with Crippen LogP contribution in [-0.4, -0.2) is 32.8 Å². The second kappa shape index (κ2) is 8.76. The van der Waals surface area contributed by atoms with Gasteiger partial charge < -0.3 is 9.90 Å². The number of carboxylic acids is 1. The third kappa shape index (κ3) is 5.12. The third-order valence-electron chi connectivity index (χ3n) is 4.49. The fourth-order valence-electron chi connectivity index (χ4n) is 3.10. The van der Waals surface area contributed by atoms with Crippen molar-refractivity contribution < 1.29 is 23.1 Å². The summed E-state index contributed by atoms with van der Waals surface area (Å²) in [6, 6.07) is 4.62.